The van der Waals surface area contributed by atoms with Crippen molar-refractivity contribution in [3.05, 3.63) is 24.0 Å². The van der Waals surface area contributed by atoms with Gasteiger partial charge in [0.05, 0.1) is 11.8 Å². The van der Waals surface area contributed by atoms with E-state index >= 15 is 0 Å². The van der Waals surface area contributed by atoms with Crippen molar-refractivity contribution < 1.29 is 9.90 Å². The van der Waals surface area contributed by atoms with Gasteiger partial charge in [0, 0.05) is 18.3 Å². The summed E-state index contributed by atoms with van der Waals surface area (Å²) < 4.78 is 0. The molecule has 1 unspecified atom stereocenters. The Kier molecular flexibility index (Phi) is 4.67. The van der Waals surface area contributed by atoms with Gasteiger partial charge in [-0.25, -0.2) is 0 Å². The van der Waals surface area contributed by atoms with Crippen LogP contribution in [0.15, 0.2) is 18.5 Å². The molecular formula is C13H21N3O2. The Bertz CT molecular complexity index is 420. The number of nitrogens with one attached hydrogen (secondary N) is 1. The SMILES string of the molecule is CC(C)CC(C)(CN)NC(=O)c1ccncc1O. The van der Waals surface area contributed by atoms with E-state index in [9.17, 15) is 9.90 Å². The van der Waals surface area contributed by atoms with Crippen LogP contribution in [0.3, 0.4) is 0 Å². The van der Waals surface area contributed by atoms with Gasteiger partial charge in [-0.15, -0.1) is 0 Å². The average molecular weight is 251 g/mol. The zero-order valence-corrected chi connectivity index (χ0v) is 11.1. The molecule has 0 aromatic carbocycles. The number of amides is 1. The van der Waals surface area contributed by atoms with E-state index in [1.807, 2.05) is 6.92 Å². The van der Waals surface area contributed by atoms with E-state index in [4.69, 9.17) is 5.73 Å². The topological polar surface area (TPSA) is 88.2 Å². The van der Waals surface area contributed by atoms with Gasteiger partial charge in [-0.05, 0) is 25.3 Å². The van der Waals surface area contributed by atoms with Crippen LogP contribution in [0, 0.1) is 5.92 Å². The lowest BCUT2D eigenvalue weighted by Crippen LogP contribution is -2.52. The lowest BCUT2D eigenvalue weighted by atomic mass is 9.90. The molecule has 0 spiro atoms. The third kappa shape index (κ3) is 3.70. The summed E-state index contributed by atoms with van der Waals surface area (Å²) in [5.74, 6) is -0.0349. The third-order valence-electron chi connectivity index (χ3n) is 2.77. The van der Waals surface area contributed by atoms with Crippen LogP contribution in [-0.2, 0) is 0 Å². The number of nitrogens with zero attached hydrogens (tertiary/aromatic N) is 1. The smallest absolute Gasteiger partial charge is 0.255 e. The van der Waals surface area contributed by atoms with Gasteiger partial charge >= 0.3 is 0 Å². The fourth-order valence-corrected chi connectivity index (χ4v) is 2.01. The molecule has 0 aliphatic carbocycles. The number of rotatable bonds is 5. The summed E-state index contributed by atoms with van der Waals surface area (Å²) in [7, 11) is 0. The molecule has 0 saturated carbocycles. The molecule has 1 rings (SSSR count). The highest BCUT2D eigenvalue weighted by Gasteiger charge is 2.27. The number of pyridine rings is 1. The van der Waals surface area contributed by atoms with Crippen LogP contribution in [0.1, 0.15) is 37.6 Å². The predicted octanol–water partition coefficient (Wildman–Crippen LogP) is 1.28. The Balaban J connectivity index is 2.83. The first-order chi connectivity index (χ1) is 8.38. The summed E-state index contributed by atoms with van der Waals surface area (Å²) in [4.78, 5) is 15.8. The van der Waals surface area contributed by atoms with E-state index in [2.05, 4.69) is 24.1 Å². The quantitative estimate of drug-likeness (QED) is 0.735. The van der Waals surface area contributed by atoms with E-state index in [0.717, 1.165) is 6.42 Å². The van der Waals surface area contributed by atoms with Gasteiger partial charge in [-0.1, -0.05) is 13.8 Å². The van der Waals surface area contributed by atoms with Crippen molar-refractivity contribution in [1.29, 1.82) is 0 Å². The maximum absolute atomic E-state index is 12.1. The summed E-state index contributed by atoms with van der Waals surface area (Å²) >= 11 is 0. The Labute approximate surface area is 107 Å². The highest BCUT2D eigenvalue weighted by atomic mass is 16.3. The second-order valence-corrected chi connectivity index (χ2v) is 5.21. The molecule has 0 bridgehead atoms. The zero-order chi connectivity index (χ0) is 13.8. The maximum Gasteiger partial charge on any atom is 0.255 e. The third-order valence-corrected chi connectivity index (χ3v) is 2.77. The lowest BCUT2D eigenvalue weighted by Gasteiger charge is -2.31. The van der Waals surface area contributed by atoms with Crippen molar-refractivity contribution in [2.24, 2.45) is 11.7 Å². The number of aromatic hydroxyl groups is 1. The summed E-state index contributed by atoms with van der Waals surface area (Å²) in [6, 6.07) is 1.48. The minimum atomic E-state index is -0.471. The van der Waals surface area contributed by atoms with Gasteiger partial charge in [0.1, 0.15) is 5.75 Å². The molecule has 1 amide bonds. The van der Waals surface area contributed by atoms with Crippen LogP contribution >= 0.6 is 0 Å². The molecule has 5 heteroatoms. The van der Waals surface area contributed by atoms with Crippen molar-refractivity contribution in [2.45, 2.75) is 32.7 Å². The van der Waals surface area contributed by atoms with Crippen LogP contribution in [0.2, 0.25) is 0 Å². The van der Waals surface area contributed by atoms with Crippen molar-refractivity contribution in [3.8, 4) is 5.75 Å². The van der Waals surface area contributed by atoms with Crippen molar-refractivity contribution in [3.63, 3.8) is 0 Å². The van der Waals surface area contributed by atoms with E-state index in [1.54, 1.807) is 0 Å². The molecule has 5 nitrogen and oxygen atoms in total. The van der Waals surface area contributed by atoms with E-state index in [0.29, 0.717) is 12.5 Å². The van der Waals surface area contributed by atoms with Crippen LogP contribution in [0.5, 0.6) is 5.75 Å². The highest BCUT2D eigenvalue weighted by Crippen LogP contribution is 2.19. The summed E-state index contributed by atoms with van der Waals surface area (Å²) in [5.41, 5.74) is 5.48. The van der Waals surface area contributed by atoms with Crippen LogP contribution in [0.4, 0.5) is 0 Å². The minimum Gasteiger partial charge on any atom is -0.505 e. The molecule has 100 valence electrons. The van der Waals surface area contributed by atoms with Crippen LogP contribution in [-0.4, -0.2) is 28.1 Å². The second-order valence-electron chi connectivity index (χ2n) is 5.21. The van der Waals surface area contributed by atoms with Gasteiger partial charge in [0.15, 0.2) is 0 Å². The fourth-order valence-electron chi connectivity index (χ4n) is 2.01. The molecule has 1 aromatic heterocycles. The first-order valence-electron chi connectivity index (χ1n) is 6.03. The van der Waals surface area contributed by atoms with Gasteiger partial charge in [-0.3, -0.25) is 9.78 Å². The number of hydrogen-bond donors (Lipinski definition) is 3. The zero-order valence-electron chi connectivity index (χ0n) is 11.1. The van der Waals surface area contributed by atoms with Gasteiger partial charge in [-0.2, -0.15) is 0 Å². The van der Waals surface area contributed by atoms with E-state index in [-0.39, 0.29) is 17.2 Å². The monoisotopic (exact) mass is 251 g/mol. The highest BCUT2D eigenvalue weighted by molar-refractivity contribution is 5.97. The Morgan fingerprint density at radius 1 is 1.61 bits per heavy atom. The Morgan fingerprint density at radius 3 is 2.78 bits per heavy atom. The van der Waals surface area contributed by atoms with Crippen molar-refractivity contribution in [2.75, 3.05) is 6.54 Å². The molecular weight excluding hydrogens is 230 g/mol. The molecule has 1 aromatic rings. The van der Waals surface area contributed by atoms with Crippen molar-refractivity contribution in [1.82, 2.24) is 10.3 Å². The average Bonchev–Trinajstić information content (AvgIpc) is 2.28. The molecule has 0 radical (unpaired) electrons. The van der Waals surface area contributed by atoms with Gasteiger partial charge in [0.25, 0.3) is 5.91 Å². The first kappa shape index (κ1) is 14.4. The van der Waals surface area contributed by atoms with E-state index in [1.165, 1.54) is 18.5 Å². The molecule has 1 heterocycles. The summed E-state index contributed by atoms with van der Waals surface area (Å²) in [6.07, 6.45) is 3.50. The number of carbonyl (C=O) groups excluding carboxylic acids is 1. The van der Waals surface area contributed by atoms with E-state index < -0.39 is 5.54 Å². The standard InChI is InChI=1S/C13H21N3O2/c1-9(2)6-13(3,8-14)16-12(18)10-4-5-15-7-11(10)17/h4-5,7,9,17H,6,8,14H2,1-3H3,(H,16,18). The van der Waals surface area contributed by atoms with Crippen molar-refractivity contribution >= 4 is 5.91 Å². The van der Waals surface area contributed by atoms with Gasteiger partial charge in [0.2, 0.25) is 0 Å². The lowest BCUT2D eigenvalue weighted by molar-refractivity contribution is 0.0895. The number of hydrogen-bond acceptors (Lipinski definition) is 4. The van der Waals surface area contributed by atoms with Crippen LogP contribution in [0.25, 0.3) is 0 Å². The molecule has 0 saturated heterocycles. The van der Waals surface area contributed by atoms with Gasteiger partial charge < -0.3 is 16.2 Å². The maximum atomic E-state index is 12.1. The number of nitrogens with two attached hydrogens (primary N) is 1. The Hall–Kier alpha value is -1.62. The predicted molar refractivity (Wildman–Crippen MR) is 70.3 cm³/mol. The Morgan fingerprint density at radius 2 is 2.28 bits per heavy atom. The molecule has 0 fully saturated rings. The second kappa shape index (κ2) is 5.82. The largest absolute Gasteiger partial charge is 0.505 e. The summed E-state index contributed by atoms with van der Waals surface area (Å²) in [6.45, 7) is 6.40. The molecule has 4 N–H and O–H groups in total. The molecule has 18 heavy (non-hydrogen) atoms. The number of aromatic nitrogens is 1. The molecule has 1 atom stereocenters. The minimum absolute atomic E-state index is 0.126. The molecule has 0 aliphatic rings. The normalized spacial score (nSPS) is 14.3. The fraction of sp³-hybridized carbons (Fsp3) is 0.538. The molecule has 0 aliphatic heterocycles. The summed E-state index contributed by atoms with van der Waals surface area (Å²) in [5, 5.41) is 12.5. The number of carbonyl (C=O) groups is 1. The van der Waals surface area contributed by atoms with Crippen LogP contribution < -0.4 is 11.1 Å². The first-order valence-corrected chi connectivity index (χ1v) is 6.03.